The lowest BCUT2D eigenvalue weighted by molar-refractivity contribution is 0.0784. The lowest BCUT2D eigenvalue weighted by Crippen LogP contribution is -2.26. The first kappa shape index (κ1) is 20.1. The number of nitrogens with one attached hydrogen (secondary N) is 1. The van der Waals surface area contributed by atoms with Crippen LogP contribution >= 0.6 is 0 Å². The number of ether oxygens (including phenoxy) is 1. The van der Waals surface area contributed by atoms with Crippen LogP contribution in [0, 0.1) is 0 Å². The molecule has 0 saturated heterocycles. The second kappa shape index (κ2) is 9.55. The third kappa shape index (κ3) is 5.45. The number of benzene rings is 3. The van der Waals surface area contributed by atoms with Crippen LogP contribution in [-0.4, -0.2) is 30.4 Å². The van der Waals surface area contributed by atoms with Gasteiger partial charge in [-0.25, -0.2) is 0 Å². The topological polar surface area (TPSA) is 58.6 Å². The summed E-state index contributed by atoms with van der Waals surface area (Å²) in [4.78, 5) is 26.9. The van der Waals surface area contributed by atoms with Crippen LogP contribution in [0.15, 0.2) is 78.9 Å². The number of carbonyl (C=O) groups excluding carboxylic acids is 2. The van der Waals surface area contributed by atoms with Crippen molar-refractivity contribution in [3.8, 4) is 5.75 Å². The SMILES string of the molecule is CCOc1ccc(C(=O)Nc2cccc(C(=O)N(C)Cc3ccccc3)c2)cc1. The minimum absolute atomic E-state index is 0.106. The van der Waals surface area contributed by atoms with Gasteiger partial charge in [-0.15, -0.1) is 0 Å². The van der Waals surface area contributed by atoms with Gasteiger partial charge in [-0.2, -0.15) is 0 Å². The molecule has 0 aliphatic rings. The lowest BCUT2D eigenvalue weighted by atomic mass is 10.1. The van der Waals surface area contributed by atoms with Crippen molar-refractivity contribution in [2.75, 3.05) is 19.0 Å². The molecule has 0 bridgehead atoms. The number of amides is 2. The highest BCUT2D eigenvalue weighted by Gasteiger charge is 2.13. The maximum absolute atomic E-state index is 12.8. The summed E-state index contributed by atoms with van der Waals surface area (Å²) in [5.41, 5.74) is 2.67. The van der Waals surface area contributed by atoms with Gasteiger partial charge in [-0.05, 0) is 55.0 Å². The van der Waals surface area contributed by atoms with Crippen molar-refractivity contribution in [2.45, 2.75) is 13.5 Å². The van der Waals surface area contributed by atoms with Crippen LogP contribution in [0.25, 0.3) is 0 Å². The predicted molar refractivity (Wildman–Crippen MR) is 114 cm³/mol. The van der Waals surface area contributed by atoms with E-state index in [1.54, 1.807) is 60.5 Å². The van der Waals surface area contributed by atoms with Gasteiger partial charge < -0.3 is 15.0 Å². The van der Waals surface area contributed by atoms with Crippen molar-refractivity contribution in [3.05, 3.63) is 95.6 Å². The molecule has 2 amide bonds. The molecule has 0 atom stereocenters. The van der Waals surface area contributed by atoms with Crippen LogP contribution in [0.3, 0.4) is 0 Å². The highest BCUT2D eigenvalue weighted by molar-refractivity contribution is 6.05. The fourth-order valence-electron chi connectivity index (χ4n) is 2.95. The minimum Gasteiger partial charge on any atom is -0.494 e. The van der Waals surface area contributed by atoms with E-state index >= 15 is 0 Å². The summed E-state index contributed by atoms with van der Waals surface area (Å²) in [6.45, 7) is 3.00. The molecule has 0 saturated carbocycles. The van der Waals surface area contributed by atoms with Crippen LogP contribution < -0.4 is 10.1 Å². The fourth-order valence-corrected chi connectivity index (χ4v) is 2.95. The molecular weight excluding hydrogens is 364 g/mol. The lowest BCUT2D eigenvalue weighted by Gasteiger charge is -2.18. The number of hydrogen-bond acceptors (Lipinski definition) is 3. The van der Waals surface area contributed by atoms with Gasteiger partial charge in [0, 0.05) is 30.4 Å². The van der Waals surface area contributed by atoms with Crippen molar-refractivity contribution >= 4 is 17.5 Å². The first-order valence-electron chi connectivity index (χ1n) is 9.50. The van der Waals surface area contributed by atoms with Gasteiger partial charge in [0.15, 0.2) is 0 Å². The first-order valence-corrected chi connectivity index (χ1v) is 9.50. The second-order valence-corrected chi connectivity index (χ2v) is 6.64. The van der Waals surface area contributed by atoms with Crippen molar-refractivity contribution < 1.29 is 14.3 Å². The quantitative estimate of drug-likeness (QED) is 0.643. The zero-order valence-corrected chi connectivity index (χ0v) is 16.6. The number of nitrogens with zero attached hydrogens (tertiary/aromatic N) is 1. The van der Waals surface area contributed by atoms with E-state index in [1.807, 2.05) is 37.3 Å². The summed E-state index contributed by atoms with van der Waals surface area (Å²) in [5, 5.41) is 2.84. The highest BCUT2D eigenvalue weighted by atomic mass is 16.5. The number of hydrogen-bond donors (Lipinski definition) is 1. The molecule has 5 nitrogen and oxygen atoms in total. The Morgan fingerprint density at radius 1 is 0.897 bits per heavy atom. The molecule has 29 heavy (non-hydrogen) atoms. The maximum Gasteiger partial charge on any atom is 0.255 e. The van der Waals surface area contributed by atoms with Crippen molar-refractivity contribution in [2.24, 2.45) is 0 Å². The Bertz CT molecular complexity index is 969. The molecule has 0 unspecified atom stereocenters. The molecule has 3 rings (SSSR count). The monoisotopic (exact) mass is 388 g/mol. The Balaban J connectivity index is 1.66. The zero-order valence-electron chi connectivity index (χ0n) is 16.6. The Kier molecular flexibility index (Phi) is 6.63. The largest absolute Gasteiger partial charge is 0.494 e. The molecule has 0 fully saturated rings. The molecule has 0 aliphatic carbocycles. The van der Waals surface area contributed by atoms with E-state index in [2.05, 4.69) is 5.32 Å². The molecule has 0 heterocycles. The van der Waals surface area contributed by atoms with Crippen LogP contribution in [0.4, 0.5) is 5.69 Å². The maximum atomic E-state index is 12.8. The summed E-state index contributed by atoms with van der Waals surface area (Å²) >= 11 is 0. The van der Waals surface area contributed by atoms with Gasteiger partial charge in [-0.1, -0.05) is 36.4 Å². The van der Waals surface area contributed by atoms with E-state index in [9.17, 15) is 9.59 Å². The summed E-state index contributed by atoms with van der Waals surface area (Å²) in [6, 6.07) is 23.7. The van der Waals surface area contributed by atoms with Gasteiger partial charge in [0.25, 0.3) is 11.8 Å². The van der Waals surface area contributed by atoms with Crippen molar-refractivity contribution in [1.29, 1.82) is 0 Å². The van der Waals surface area contributed by atoms with Crippen LogP contribution in [0.1, 0.15) is 33.2 Å². The number of rotatable bonds is 7. The number of carbonyl (C=O) groups is 2. The van der Waals surface area contributed by atoms with Crippen LogP contribution in [0.2, 0.25) is 0 Å². The Labute approximate surface area is 170 Å². The summed E-state index contributed by atoms with van der Waals surface area (Å²) in [6.07, 6.45) is 0. The third-order valence-corrected chi connectivity index (χ3v) is 4.40. The minimum atomic E-state index is -0.240. The van der Waals surface area contributed by atoms with Gasteiger partial charge >= 0.3 is 0 Å². The molecule has 5 heteroatoms. The van der Waals surface area contributed by atoms with E-state index in [0.29, 0.717) is 30.0 Å². The average Bonchev–Trinajstić information content (AvgIpc) is 2.75. The normalized spacial score (nSPS) is 10.3. The molecule has 0 spiro atoms. The summed E-state index contributed by atoms with van der Waals surface area (Å²) < 4.78 is 5.39. The van der Waals surface area contributed by atoms with Gasteiger partial charge in [0.1, 0.15) is 5.75 Å². The average molecular weight is 388 g/mol. The van der Waals surface area contributed by atoms with E-state index in [0.717, 1.165) is 11.3 Å². The zero-order chi connectivity index (χ0) is 20.6. The molecular formula is C24H24N2O3. The third-order valence-electron chi connectivity index (χ3n) is 4.40. The van der Waals surface area contributed by atoms with E-state index in [4.69, 9.17) is 4.74 Å². The van der Waals surface area contributed by atoms with Gasteiger partial charge in [0.05, 0.1) is 6.61 Å². The van der Waals surface area contributed by atoms with E-state index in [-0.39, 0.29) is 11.8 Å². The van der Waals surface area contributed by atoms with Crippen LogP contribution in [-0.2, 0) is 6.54 Å². The highest BCUT2D eigenvalue weighted by Crippen LogP contribution is 2.17. The predicted octanol–water partition coefficient (Wildman–Crippen LogP) is 4.61. The van der Waals surface area contributed by atoms with Crippen molar-refractivity contribution in [1.82, 2.24) is 4.90 Å². The van der Waals surface area contributed by atoms with Gasteiger partial charge in [0.2, 0.25) is 0 Å². The summed E-state index contributed by atoms with van der Waals surface area (Å²) in [5.74, 6) is 0.374. The van der Waals surface area contributed by atoms with Crippen molar-refractivity contribution in [3.63, 3.8) is 0 Å². The molecule has 0 aliphatic heterocycles. The van der Waals surface area contributed by atoms with E-state index < -0.39 is 0 Å². The molecule has 0 radical (unpaired) electrons. The summed E-state index contributed by atoms with van der Waals surface area (Å²) in [7, 11) is 1.76. The van der Waals surface area contributed by atoms with E-state index in [1.165, 1.54) is 0 Å². The molecule has 0 aromatic heterocycles. The second-order valence-electron chi connectivity index (χ2n) is 6.64. The Hall–Kier alpha value is -3.60. The smallest absolute Gasteiger partial charge is 0.255 e. The van der Waals surface area contributed by atoms with Gasteiger partial charge in [-0.3, -0.25) is 9.59 Å². The van der Waals surface area contributed by atoms with Crippen LogP contribution in [0.5, 0.6) is 5.75 Å². The Morgan fingerprint density at radius 3 is 2.31 bits per heavy atom. The fraction of sp³-hybridized carbons (Fsp3) is 0.167. The molecule has 3 aromatic rings. The first-order chi connectivity index (χ1) is 14.1. The molecule has 3 aromatic carbocycles. The Morgan fingerprint density at radius 2 is 1.62 bits per heavy atom. The molecule has 1 N–H and O–H groups in total. The number of anilines is 1. The standard InChI is InChI=1S/C24H24N2O3/c1-3-29-22-14-12-19(13-15-22)23(27)25-21-11-7-10-20(16-21)24(28)26(2)17-18-8-5-4-6-9-18/h4-16H,3,17H2,1-2H3,(H,25,27). The molecule has 148 valence electrons.